The average Bonchev–Trinajstić information content (AvgIpc) is 1.94. The molecule has 2 unspecified atom stereocenters. The van der Waals surface area contributed by atoms with Gasteiger partial charge in [-0.15, -0.1) is 24.8 Å². The number of likely N-dealkylation sites (N-methyl/N-ethyl adjacent to an activating group) is 1. The maximum atomic E-state index is 3.45. The Hall–Kier alpha value is 0.500. The number of hydrogen-bond donors (Lipinski definition) is 1. The van der Waals surface area contributed by atoms with Crippen molar-refractivity contribution in [3.05, 3.63) is 0 Å². The maximum Gasteiger partial charge on any atom is 0.0193 e. The number of nitrogens with one attached hydrogen (secondary N) is 1. The SMILES string of the molecule is CCN1CC(C)NCC1C.Cl.Cl. The van der Waals surface area contributed by atoms with Crippen LogP contribution in [0, 0.1) is 0 Å². The van der Waals surface area contributed by atoms with Gasteiger partial charge in [-0.05, 0) is 20.4 Å². The van der Waals surface area contributed by atoms with Gasteiger partial charge >= 0.3 is 0 Å². The van der Waals surface area contributed by atoms with E-state index in [0.29, 0.717) is 6.04 Å². The van der Waals surface area contributed by atoms with Gasteiger partial charge in [-0.3, -0.25) is 4.90 Å². The second kappa shape index (κ2) is 6.96. The quantitative estimate of drug-likeness (QED) is 0.713. The van der Waals surface area contributed by atoms with Crippen LogP contribution in [0.25, 0.3) is 0 Å². The molecule has 0 spiro atoms. The molecule has 1 heterocycles. The molecule has 1 rings (SSSR count). The molecule has 4 heteroatoms. The molecule has 0 radical (unpaired) electrons. The van der Waals surface area contributed by atoms with Crippen LogP contribution in [0.1, 0.15) is 20.8 Å². The van der Waals surface area contributed by atoms with E-state index in [1.165, 1.54) is 13.1 Å². The van der Waals surface area contributed by atoms with E-state index in [1.807, 2.05) is 0 Å². The molecule has 0 aromatic rings. The molecule has 12 heavy (non-hydrogen) atoms. The summed E-state index contributed by atoms with van der Waals surface area (Å²) in [5.41, 5.74) is 0. The topological polar surface area (TPSA) is 15.3 Å². The maximum absolute atomic E-state index is 3.45. The Morgan fingerprint density at radius 1 is 1.33 bits per heavy atom. The lowest BCUT2D eigenvalue weighted by Crippen LogP contribution is -2.53. The molecule has 0 aliphatic carbocycles. The lowest BCUT2D eigenvalue weighted by Gasteiger charge is -2.36. The highest BCUT2D eigenvalue weighted by Gasteiger charge is 2.19. The van der Waals surface area contributed by atoms with Crippen LogP contribution in [0.5, 0.6) is 0 Å². The molecule has 1 fully saturated rings. The second-order valence-electron chi connectivity index (χ2n) is 3.25. The predicted octanol–water partition coefficient (Wildman–Crippen LogP) is 1.53. The Morgan fingerprint density at radius 3 is 2.33 bits per heavy atom. The van der Waals surface area contributed by atoms with E-state index in [9.17, 15) is 0 Å². The first kappa shape index (κ1) is 15.0. The molecule has 1 aliphatic heterocycles. The van der Waals surface area contributed by atoms with E-state index in [2.05, 4.69) is 31.0 Å². The van der Waals surface area contributed by atoms with Crippen molar-refractivity contribution in [1.82, 2.24) is 10.2 Å². The van der Waals surface area contributed by atoms with E-state index in [1.54, 1.807) is 0 Å². The van der Waals surface area contributed by atoms with Crippen LogP contribution in [0.15, 0.2) is 0 Å². The van der Waals surface area contributed by atoms with Crippen LogP contribution >= 0.6 is 24.8 Å². The van der Waals surface area contributed by atoms with Gasteiger partial charge < -0.3 is 5.32 Å². The summed E-state index contributed by atoms with van der Waals surface area (Å²) in [5.74, 6) is 0. The third-order valence-corrected chi connectivity index (χ3v) is 2.30. The van der Waals surface area contributed by atoms with E-state index in [4.69, 9.17) is 0 Å². The largest absolute Gasteiger partial charge is 0.311 e. The molecule has 0 amide bonds. The van der Waals surface area contributed by atoms with Crippen LogP contribution in [-0.2, 0) is 0 Å². The smallest absolute Gasteiger partial charge is 0.0193 e. The standard InChI is InChI=1S/C8H18N2.2ClH/c1-4-10-6-7(2)9-5-8(10)3;;/h7-9H,4-6H2,1-3H3;2*1H. The van der Waals surface area contributed by atoms with E-state index in [-0.39, 0.29) is 24.8 Å². The number of nitrogens with zero attached hydrogens (tertiary/aromatic N) is 1. The number of rotatable bonds is 1. The molecule has 0 saturated carbocycles. The van der Waals surface area contributed by atoms with Crippen LogP contribution < -0.4 is 5.32 Å². The summed E-state index contributed by atoms with van der Waals surface area (Å²) in [6.07, 6.45) is 0. The number of piperazine rings is 1. The second-order valence-corrected chi connectivity index (χ2v) is 3.25. The number of halogens is 2. The summed E-state index contributed by atoms with van der Waals surface area (Å²) in [4.78, 5) is 2.52. The molecule has 1 saturated heterocycles. The zero-order valence-corrected chi connectivity index (χ0v) is 9.67. The molecular formula is C8H20Cl2N2. The Morgan fingerprint density at radius 2 is 1.92 bits per heavy atom. The van der Waals surface area contributed by atoms with Gasteiger partial charge in [-0.2, -0.15) is 0 Å². The predicted molar refractivity (Wildman–Crippen MR) is 58.7 cm³/mol. The lowest BCUT2D eigenvalue weighted by atomic mass is 10.1. The van der Waals surface area contributed by atoms with Gasteiger partial charge in [-0.25, -0.2) is 0 Å². The Balaban J connectivity index is 0. The molecule has 0 aromatic heterocycles. The van der Waals surface area contributed by atoms with Crippen molar-refractivity contribution < 1.29 is 0 Å². The molecule has 0 bridgehead atoms. The first-order valence-electron chi connectivity index (χ1n) is 4.21. The highest BCUT2D eigenvalue weighted by Crippen LogP contribution is 2.04. The van der Waals surface area contributed by atoms with Crippen molar-refractivity contribution in [3.63, 3.8) is 0 Å². The van der Waals surface area contributed by atoms with Crippen LogP contribution in [0.3, 0.4) is 0 Å². The minimum Gasteiger partial charge on any atom is -0.311 e. The molecule has 1 N–H and O–H groups in total. The Kier molecular flexibility index (Phi) is 8.69. The molecule has 76 valence electrons. The molecular weight excluding hydrogens is 195 g/mol. The Bertz CT molecular complexity index is 111. The third kappa shape index (κ3) is 3.94. The van der Waals surface area contributed by atoms with Crippen LogP contribution in [-0.4, -0.2) is 36.6 Å². The summed E-state index contributed by atoms with van der Waals surface area (Å²) < 4.78 is 0. The van der Waals surface area contributed by atoms with Gasteiger partial charge in [0.25, 0.3) is 0 Å². The van der Waals surface area contributed by atoms with Crippen molar-refractivity contribution >= 4 is 24.8 Å². The molecule has 2 atom stereocenters. The summed E-state index contributed by atoms with van der Waals surface area (Å²) in [7, 11) is 0. The first-order valence-corrected chi connectivity index (χ1v) is 4.21. The van der Waals surface area contributed by atoms with Crippen molar-refractivity contribution in [2.45, 2.75) is 32.9 Å². The highest BCUT2D eigenvalue weighted by atomic mass is 35.5. The minimum atomic E-state index is 0. The van der Waals surface area contributed by atoms with Gasteiger partial charge in [-0.1, -0.05) is 6.92 Å². The van der Waals surface area contributed by atoms with Crippen LogP contribution in [0.4, 0.5) is 0 Å². The van der Waals surface area contributed by atoms with Crippen molar-refractivity contribution in [2.75, 3.05) is 19.6 Å². The van der Waals surface area contributed by atoms with Gasteiger partial charge in [0.1, 0.15) is 0 Å². The average molecular weight is 215 g/mol. The van der Waals surface area contributed by atoms with Gasteiger partial charge in [0.05, 0.1) is 0 Å². The fraction of sp³-hybridized carbons (Fsp3) is 1.00. The highest BCUT2D eigenvalue weighted by molar-refractivity contribution is 5.85. The van der Waals surface area contributed by atoms with Gasteiger partial charge in [0, 0.05) is 25.2 Å². The summed E-state index contributed by atoms with van der Waals surface area (Å²) in [6.45, 7) is 10.3. The minimum absolute atomic E-state index is 0. The summed E-state index contributed by atoms with van der Waals surface area (Å²) in [5, 5.41) is 3.45. The van der Waals surface area contributed by atoms with E-state index >= 15 is 0 Å². The zero-order valence-electron chi connectivity index (χ0n) is 8.04. The van der Waals surface area contributed by atoms with Crippen molar-refractivity contribution in [3.8, 4) is 0 Å². The fourth-order valence-corrected chi connectivity index (χ4v) is 1.54. The first-order chi connectivity index (χ1) is 4.74. The van der Waals surface area contributed by atoms with Gasteiger partial charge in [0.15, 0.2) is 0 Å². The third-order valence-electron chi connectivity index (χ3n) is 2.30. The summed E-state index contributed by atoms with van der Waals surface area (Å²) in [6, 6.07) is 1.40. The normalized spacial score (nSPS) is 30.2. The van der Waals surface area contributed by atoms with Gasteiger partial charge in [0.2, 0.25) is 0 Å². The zero-order chi connectivity index (χ0) is 7.56. The fourth-order valence-electron chi connectivity index (χ4n) is 1.54. The van der Waals surface area contributed by atoms with Crippen molar-refractivity contribution in [1.29, 1.82) is 0 Å². The molecule has 0 aromatic carbocycles. The monoisotopic (exact) mass is 214 g/mol. The van der Waals surface area contributed by atoms with Crippen molar-refractivity contribution in [2.24, 2.45) is 0 Å². The number of hydrogen-bond acceptors (Lipinski definition) is 2. The summed E-state index contributed by atoms with van der Waals surface area (Å²) >= 11 is 0. The lowest BCUT2D eigenvalue weighted by molar-refractivity contribution is 0.154. The van der Waals surface area contributed by atoms with Crippen LogP contribution in [0.2, 0.25) is 0 Å². The molecule has 2 nitrogen and oxygen atoms in total. The Labute approximate surface area is 87.9 Å². The molecule has 1 aliphatic rings. The van der Waals surface area contributed by atoms with E-state index < -0.39 is 0 Å². The van der Waals surface area contributed by atoms with E-state index in [0.717, 1.165) is 12.6 Å².